The molecular weight excluding hydrogens is 342 g/mol. The number of hydrogen-bond donors (Lipinski definition) is 3. The Balaban J connectivity index is 1.36. The van der Waals surface area contributed by atoms with Crippen molar-refractivity contribution in [2.24, 2.45) is 0 Å². The number of aromatic amines is 1. The van der Waals surface area contributed by atoms with E-state index < -0.39 is 0 Å². The average molecular weight is 361 g/mol. The smallest absolute Gasteiger partial charge is 0.321 e. The molecule has 0 atom stereocenters. The first-order chi connectivity index (χ1) is 13.2. The minimum Gasteiger partial charge on any atom is -0.321 e. The van der Waals surface area contributed by atoms with Gasteiger partial charge in [-0.05, 0) is 47.9 Å². The van der Waals surface area contributed by atoms with Gasteiger partial charge in [-0.25, -0.2) is 4.79 Å². The number of urea groups is 1. The standard InChI is InChI=1S/C20H19N5O2/c26-19(18-9-11-21-24-18)22-16-5-7-17(8-6-16)23-20(27)25-12-10-14-3-1-2-4-15(14)13-25/h1-9,11H,10,12-13H2,(H,21,24)(H,22,26)(H,23,27). The summed E-state index contributed by atoms with van der Waals surface area (Å²) in [7, 11) is 0. The number of anilines is 2. The lowest BCUT2D eigenvalue weighted by molar-refractivity contribution is 0.102. The summed E-state index contributed by atoms with van der Waals surface area (Å²) in [5, 5.41) is 12.0. The van der Waals surface area contributed by atoms with Crippen LogP contribution in [0.2, 0.25) is 0 Å². The van der Waals surface area contributed by atoms with E-state index in [1.54, 1.807) is 35.2 Å². The summed E-state index contributed by atoms with van der Waals surface area (Å²) in [6, 6.07) is 16.7. The number of carbonyl (C=O) groups excluding carboxylic acids is 2. The van der Waals surface area contributed by atoms with Gasteiger partial charge in [0, 0.05) is 30.7 Å². The molecule has 1 aliphatic rings. The fourth-order valence-electron chi connectivity index (χ4n) is 3.09. The zero-order valence-electron chi connectivity index (χ0n) is 14.6. The molecule has 0 bridgehead atoms. The van der Waals surface area contributed by atoms with Crippen molar-refractivity contribution in [1.29, 1.82) is 0 Å². The van der Waals surface area contributed by atoms with Crippen LogP contribution in [0.15, 0.2) is 60.8 Å². The Bertz CT molecular complexity index is 951. The quantitative estimate of drug-likeness (QED) is 0.669. The van der Waals surface area contributed by atoms with Crippen LogP contribution in [-0.2, 0) is 13.0 Å². The molecule has 1 aromatic heterocycles. The van der Waals surface area contributed by atoms with E-state index in [0.29, 0.717) is 30.2 Å². The number of aromatic nitrogens is 2. The van der Waals surface area contributed by atoms with E-state index in [1.807, 2.05) is 12.1 Å². The van der Waals surface area contributed by atoms with Crippen LogP contribution in [0.5, 0.6) is 0 Å². The van der Waals surface area contributed by atoms with Gasteiger partial charge in [-0.3, -0.25) is 9.89 Å². The molecular formula is C20H19N5O2. The minimum atomic E-state index is -0.267. The molecule has 3 aromatic rings. The lowest BCUT2D eigenvalue weighted by Crippen LogP contribution is -2.38. The van der Waals surface area contributed by atoms with Crippen molar-refractivity contribution in [3.8, 4) is 0 Å². The highest BCUT2D eigenvalue weighted by Crippen LogP contribution is 2.20. The first kappa shape index (κ1) is 16.8. The van der Waals surface area contributed by atoms with E-state index in [-0.39, 0.29) is 11.9 Å². The van der Waals surface area contributed by atoms with Crippen LogP contribution >= 0.6 is 0 Å². The third-order valence-electron chi connectivity index (χ3n) is 4.56. The van der Waals surface area contributed by atoms with Gasteiger partial charge in [-0.2, -0.15) is 5.10 Å². The van der Waals surface area contributed by atoms with Crippen LogP contribution in [0.4, 0.5) is 16.2 Å². The monoisotopic (exact) mass is 361 g/mol. The maximum atomic E-state index is 12.5. The molecule has 0 spiro atoms. The third kappa shape index (κ3) is 3.82. The second kappa shape index (κ2) is 7.33. The van der Waals surface area contributed by atoms with Gasteiger partial charge in [0.2, 0.25) is 0 Å². The van der Waals surface area contributed by atoms with Gasteiger partial charge in [0.25, 0.3) is 5.91 Å². The summed E-state index contributed by atoms with van der Waals surface area (Å²) in [4.78, 5) is 26.3. The summed E-state index contributed by atoms with van der Waals surface area (Å²) >= 11 is 0. The van der Waals surface area contributed by atoms with Crippen molar-refractivity contribution in [2.45, 2.75) is 13.0 Å². The molecule has 2 heterocycles. The van der Waals surface area contributed by atoms with Crippen LogP contribution in [0.25, 0.3) is 0 Å². The highest BCUT2D eigenvalue weighted by atomic mass is 16.2. The Morgan fingerprint density at radius 1 is 0.926 bits per heavy atom. The molecule has 7 heteroatoms. The second-order valence-electron chi connectivity index (χ2n) is 6.37. The van der Waals surface area contributed by atoms with Gasteiger partial charge in [0.05, 0.1) is 0 Å². The van der Waals surface area contributed by atoms with E-state index in [2.05, 4.69) is 33.0 Å². The Hall–Kier alpha value is -3.61. The van der Waals surface area contributed by atoms with Crippen molar-refractivity contribution in [2.75, 3.05) is 17.2 Å². The number of fused-ring (bicyclic) bond motifs is 1. The summed E-state index contributed by atoms with van der Waals surface area (Å²) in [5.74, 6) is -0.267. The summed E-state index contributed by atoms with van der Waals surface area (Å²) in [5.41, 5.74) is 4.20. The summed E-state index contributed by atoms with van der Waals surface area (Å²) < 4.78 is 0. The number of benzene rings is 2. The number of H-pyrrole nitrogens is 1. The van der Waals surface area contributed by atoms with E-state index in [0.717, 1.165) is 6.42 Å². The van der Waals surface area contributed by atoms with Crippen molar-refractivity contribution in [1.82, 2.24) is 15.1 Å². The minimum absolute atomic E-state index is 0.126. The Morgan fingerprint density at radius 3 is 2.33 bits per heavy atom. The predicted molar refractivity (Wildman–Crippen MR) is 103 cm³/mol. The van der Waals surface area contributed by atoms with E-state index in [4.69, 9.17) is 0 Å². The highest BCUT2D eigenvalue weighted by Gasteiger charge is 2.20. The molecule has 0 fully saturated rings. The molecule has 7 nitrogen and oxygen atoms in total. The number of nitrogens with one attached hydrogen (secondary N) is 3. The normalized spacial score (nSPS) is 13.0. The van der Waals surface area contributed by atoms with Crippen LogP contribution in [0, 0.1) is 0 Å². The molecule has 136 valence electrons. The number of amides is 3. The molecule has 4 rings (SSSR count). The third-order valence-corrected chi connectivity index (χ3v) is 4.56. The zero-order chi connectivity index (χ0) is 18.6. The lowest BCUT2D eigenvalue weighted by Gasteiger charge is -2.29. The Labute approximate surface area is 156 Å². The van der Waals surface area contributed by atoms with E-state index in [9.17, 15) is 9.59 Å². The van der Waals surface area contributed by atoms with Crippen molar-refractivity contribution in [3.05, 3.63) is 77.6 Å². The van der Waals surface area contributed by atoms with Gasteiger partial charge in [0.15, 0.2) is 0 Å². The lowest BCUT2D eigenvalue weighted by atomic mass is 10.0. The predicted octanol–water partition coefficient (Wildman–Crippen LogP) is 3.25. The fraction of sp³-hybridized carbons (Fsp3) is 0.150. The van der Waals surface area contributed by atoms with Gasteiger partial charge < -0.3 is 15.5 Å². The fourth-order valence-corrected chi connectivity index (χ4v) is 3.09. The summed E-state index contributed by atoms with van der Waals surface area (Å²) in [6.07, 6.45) is 2.38. The Kier molecular flexibility index (Phi) is 4.57. The molecule has 0 aliphatic carbocycles. The van der Waals surface area contributed by atoms with Gasteiger partial charge >= 0.3 is 6.03 Å². The molecule has 0 saturated heterocycles. The number of rotatable bonds is 3. The first-order valence-electron chi connectivity index (χ1n) is 8.72. The van der Waals surface area contributed by atoms with E-state index >= 15 is 0 Å². The maximum absolute atomic E-state index is 12.5. The largest absolute Gasteiger partial charge is 0.322 e. The molecule has 0 unspecified atom stereocenters. The maximum Gasteiger partial charge on any atom is 0.322 e. The first-order valence-corrected chi connectivity index (χ1v) is 8.72. The second-order valence-corrected chi connectivity index (χ2v) is 6.37. The molecule has 3 amide bonds. The van der Waals surface area contributed by atoms with Gasteiger partial charge in [0.1, 0.15) is 5.69 Å². The molecule has 0 saturated carbocycles. The topological polar surface area (TPSA) is 90.1 Å². The van der Waals surface area contributed by atoms with Gasteiger partial charge in [-0.1, -0.05) is 24.3 Å². The van der Waals surface area contributed by atoms with Crippen molar-refractivity contribution >= 4 is 23.3 Å². The molecule has 2 aromatic carbocycles. The highest BCUT2D eigenvalue weighted by molar-refractivity contribution is 6.02. The Morgan fingerprint density at radius 2 is 1.63 bits per heavy atom. The van der Waals surface area contributed by atoms with Crippen LogP contribution in [-0.4, -0.2) is 33.6 Å². The van der Waals surface area contributed by atoms with Gasteiger partial charge in [-0.15, -0.1) is 0 Å². The van der Waals surface area contributed by atoms with Crippen molar-refractivity contribution < 1.29 is 9.59 Å². The zero-order valence-corrected chi connectivity index (χ0v) is 14.6. The molecule has 1 aliphatic heterocycles. The average Bonchev–Trinajstić information content (AvgIpc) is 3.24. The molecule has 0 radical (unpaired) electrons. The van der Waals surface area contributed by atoms with Crippen LogP contribution < -0.4 is 10.6 Å². The summed E-state index contributed by atoms with van der Waals surface area (Å²) in [6.45, 7) is 1.31. The number of nitrogens with zero attached hydrogens (tertiary/aromatic N) is 2. The molecule has 3 N–H and O–H groups in total. The number of carbonyl (C=O) groups is 2. The molecule has 27 heavy (non-hydrogen) atoms. The van der Waals surface area contributed by atoms with Crippen LogP contribution in [0.1, 0.15) is 21.6 Å². The number of hydrogen-bond acceptors (Lipinski definition) is 3. The van der Waals surface area contributed by atoms with Crippen molar-refractivity contribution in [3.63, 3.8) is 0 Å². The van der Waals surface area contributed by atoms with E-state index in [1.165, 1.54) is 17.3 Å². The van der Waals surface area contributed by atoms with Crippen LogP contribution in [0.3, 0.4) is 0 Å². The SMILES string of the molecule is O=C(Nc1ccc(NC(=O)N2CCc3ccccc3C2)cc1)c1ccn[nH]1.